The van der Waals surface area contributed by atoms with Gasteiger partial charge in [0.25, 0.3) is 0 Å². The van der Waals surface area contributed by atoms with Gasteiger partial charge in [0.05, 0.1) is 8.07 Å². The van der Waals surface area contributed by atoms with Crippen LogP contribution in [0.2, 0.25) is 24.2 Å². The average Bonchev–Trinajstić information content (AvgIpc) is 2.63. The van der Waals surface area contributed by atoms with Crippen molar-refractivity contribution in [1.29, 1.82) is 0 Å². The first-order valence-corrected chi connectivity index (χ1v) is 10.1. The smallest absolute Gasteiger partial charge is 0.0550 e. The third kappa shape index (κ3) is 4.21. The third-order valence-corrected chi connectivity index (χ3v) is 10.2. The molecule has 0 bridgehead atoms. The molecule has 0 radical (unpaired) electrons. The predicted molar refractivity (Wildman–Crippen MR) is 74.8 cm³/mol. The summed E-state index contributed by atoms with van der Waals surface area (Å²) >= 11 is 0. The van der Waals surface area contributed by atoms with Crippen LogP contribution in [0.5, 0.6) is 0 Å². The predicted octanol–water partition coefficient (Wildman–Crippen LogP) is 4.70. The molecule has 0 spiro atoms. The van der Waals surface area contributed by atoms with Crippen LogP contribution < -0.4 is 0 Å². The van der Waals surface area contributed by atoms with E-state index in [9.17, 15) is 0 Å². The highest BCUT2D eigenvalue weighted by molar-refractivity contribution is 6.80. The second-order valence-electron chi connectivity index (χ2n) is 7.11. The molecule has 0 aromatic heterocycles. The summed E-state index contributed by atoms with van der Waals surface area (Å²) in [5, 5.41) is 0.504. The lowest BCUT2D eigenvalue weighted by molar-refractivity contribution is 0.111. The molecule has 0 aliphatic heterocycles. The molecule has 1 rings (SSSR count). The van der Waals surface area contributed by atoms with Gasteiger partial charge in [0, 0.05) is 13.2 Å². The molecule has 1 aliphatic rings. The molecule has 0 heterocycles. The minimum atomic E-state index is -1.11. The van der Waals surface area contributed by atoms with Crippen LogP contribution in [0.3, 0.4) is 0 Å². The van der Waals surface area contributed by atoms with Gasteiger partial charge in [-0.05, 0) is 29.8 Å². The van der Waals surface area contributed by atoms with Crippen LogP contribution in [-0.2, 0) is 4.74 Å². The lowest BCUT2D eigenvalue weighted by Gasteiger charge is -2.37. The molecular weight excluding hydrogens is 212 g/mol. The van der Waals surface area contributed by atoms with E-state index in [2.05, 4.69) is 33.9 Å². The minimum absolute atomic E-state index is 0.504. The molecule has 0 atom stereocenters. The Morgan fingerprint density at radius 2 is 1.69 bits per heavy atom. The van der Waals surface area contributed by atoms with Crippen molar-refractivity contribution in [2.45, 2.75) is 70.6 Å². The molecule has 0 aromatic rings. The molecule has 0 unspecified atom stereocenters. The summed E-state index contributed by atoms with van der Waals surface area (Å²) in [6.07, 6.45) is 5.66. The van der Waals surface area contributed by atoms with Gasteiger partial charge in [-0.1, -0.05) is 46.7 Å². The molecule has 1 saturated carbocycles. The Bertz CT molecular complexity index is 199. The van der Waals surface area contributed by atoms with E-state index in [0.717, 1.165) is 19.1 Å². The van der Waals surface area contributed by atoms with Crippen molar-refractivity contribution in [3.05, 3.63) is 0 Å². The first-order valence-electron chi connectivity index (χ1n) is 6.91. The van der Waals surface area contributed by atoms with Gasteiger partial charge in [-0.25, -0.2) is 0 Å². The highest BCUT2D eigenvalue weighted by atomic mass is 28.3. The van der Waals surface area contributed by atoms with E-state index in [1.807, 2.05) is 0 Å². The van der Waals surface area contributed by atoms with Gasteiger partial charge in [-0.15, -0.1) is 0 Å². The summed E-state index contributed by atoms with van der Waals surface area (Å²) < 4.78 is 5.88. The zero-order valence-corrected chi connectivity index (χ0v) is 12.9. The van der Waals surface area contributed by atoms with Gasteiger partial charge in [0.15, 0.2) is 0 Å². The first kappa shape index (κ1) is 14.2. The maximum atomic E-state index is 5.88. The SMILES string of the molecule is CC(C)(C)[Si](C)(C)CCOCC1CCCC1. The van der Waals surface area contributed by atoms with Crippen molar-refractivity contribution < 1.29 is 4.74 Å². The van der Waals surface area contributed by atoms with Crippen molar-refractivity contribution in [1.82, 2.24) is 0 Å². The van der Waals surface area contributed by atoms with Gasteiger partial charge in [0.2, 0.25) is 0 Å². The molecule has 1 nitrogen and oxygen atoms in total. The van der Waals surface area contributed by atoms with Crippen molar-refractivity contribution >= 4 is 8.07 Å². The van der Waals surface area contributed by atoms with E-state index in [4.69, 9.17) is 4.74 Å². The monoisotopic (exact) mass is 242 g/mol. The summed E-state index contributed by atoms with van der Waals surface area (Å²) in [5.41, 5.74) is 0. The summed E-state index contributed by atoms with van der Waals surface area (Å²) in [7, 11) is -1.11. The second kappa shape index (κ2) is 5.68. The first-order chi connectivity index (χ1) is 7.33. The molecule has 0 N–H and O–H groups in total. The zero-order chi connectivity index (χ0) is 12.2. The van der Waals surface area contributed by atoms with Crippen LogP contribution >= 0.6 is 0 Å². The molecule has 0 aromatic carbocycles. The molecule has 1 fully saturated rings. The Balaban J connectivity index is 2.14. The molecule has 96 valence electrons. The fourth-order valence-corrected chi connectivity index (χ4v) is 3.53. The lowest BCUT2D eigenvalue weighted by Crippen LogP contribution is -2.38. The van der Waals surface area contributed by atoms with Gasteiger partial charge < -0.3 is 4.74 Å². The largest absolute Gasteiger partial charge is 0.381 e. The fourth-order valence-electron chi connectivity index (χ4n) is 2.13. The quantitative estimate of drug-likeness (QED) is 0.501. The number of rotatable bonds is 5. The van der Waals surface area contributed by atoms with E-state index in [1.165, 1.54) is 31.7 Å². The van der Waals surface area contributed by atoms with Crippen LogP contribution in [0.25, 0.3) is 0 Å². The number of hydrogen-bond donors (Lipinski definition) is 0. The van der Waals surface area contributed by atoms with E-state index >= 15 is 0 Å². The van der Waals surface area contributed by atoms with Crippen LogP contribution in [0.4, 0.5) is 0 Å². The van der Waals surface area contributed by atoms with Crippen molar-refractivity contribution in [3.8, 4) is 0 Å². The maximum Gasteiger partial charge on any atom is 0.0550 e. The number of ether oxygens (including phenoxy) is 1. The Labute approximate surface area is 103 Å². The zero-order valence-electron chi connectivity index (χ0n) is 11.9. The molecule has 2 heteroatoms. The summed E-state index contributed by atoms with van der Waals surface area (Å²) in [5.74, 6) is 0.874. The van der Waals surface area contributed by atoms with E-state index < -0.39 is 8.07 Å². The summed E-state index contributed by atoms with van der Waals surface area (Å²) in [6, 6.07) is 1.31. The van der Waals surface area contributed by atoms with Gasteiger partial charge in [-0.2, -0.15) is 0 Å². The standard InChI is InChI=1S/C14H30OSi/c1-14(2,3)16(4,5)11-10-15-12-13-8-6-7-9-13/h13H,6-12H2,1-5H3. The molecule has 16 heavy (non-hydrogen) atoms. The lowest BCUT2D eigenvalue weighted by atomic mass is 10.1. The molecule has 0 amide bonds. The highest BCUT2D eigenvalue weighted by Crippen LogP contribution is 2.38. The van der Waals surface area contributed by atoms with Crippen molar-refractivity contribution in [3.63, 3.8) is 0 Å². The van der Waals surface area contributed by atoms with E-state index in [1.54, 1.807) is 0 Å². The maximum absolute atomic E-state index is 5.88. The van der Waals surface area contributed by atoms with Crippen LogP contribution in [0.1, 0.15) is 46.5 Å². The summed E-state index contributed by atoms with van der Waals surface area (Å²) in [4.78, 5) is 0. The normalized spacial score (nSPS) is 19.3. The van der Waals surface area contributed by atoms with Crippen LogP contribution in [-0.4, -0.2) is 21.3 Å². The Morgan fingerprint density at radius 3 is 2.19 bits per heavy atom. The van der Waals surface area contributed by atoms with Gasteiger partial charge in [-0.3, -0.25) is 0 Å². The Hall–Kier alpha value is 0.177. The molecule has 1 aliphatic carbocycles. The molecular formula is C14H30OSi. The number of hydrogen-bond acceptors (Lipinski definition) is 1. The van der Waals surface area contributed by atoms with Crippen LogP contribution in [0.15, 0.2) is 0 Å². The highest BCUT2D eigenvalue weighted by Gasteiger charge is 2.34. The van der Waals surface area contributed by atoms with E-state index in [-0.39, 0.29) is 0 Å². The van der Waals surface area contributed by atoms with Crippen LogP contribution in [0, 0.1) is 5.92 Å². The van der Waals surface area contributed by atoms with Gasteiger partial charge >= 0.3 is 0 Å². The average molecular weight is 242 g/mol. The fraction of sp³-hybridized carbons (Fsp3) is 1.00. The van der Waals surface area contributed by atoms with Gasteiger partial charge in [0.1, 0.15) is 0 Å². The van der Waals surface area contributed by atoms with Crippen molar-refractivity contribution in [2.75, 3.05) is 13.2 Å². The second-order valence-corrected chi connectivity index (χ2v) is 12.9. The minimum Gasteiger partial charge on any atom is -0.381 e. The van der Waals surface area contributed by atoms with E-state index in [0.29, 0.717) is 5.04 Å². The molecule has 0 saturated heterocycles. The van der Waals surface area contributed by atoms with Crippen molar-refractivity contribution in [2.24, 2.45) is 5.92 Å². The topological polar surface area (TPSA) is 9.23 Å². The Kier molecular flexibility index (Phi) is 5.05. The summed E-state index contributed by atoms with van der Waals surface area (Å²) in [6.45, 7) is 14.2. The Morgan fingerprint density at radius 1 is 1.12 bits per heavy atom. The third-order valence-electron chi connectivity index (χ3n) is 4.73.